The van der Waals surface area contributed by atoms with Gasteiger partial charge >= 0.3 is 5.97 Å². The van der Waals surface area contributed by atoms with Crippen LogP contribution in [-0.4, -0.2) is 17.0 Å². The van der Waals surface area contributed by atoms with Crippen molar-refractivity contribution in [2.45, 2.75) is 6.92 Å². The average molecular weight is 273 g/mol. The van der Waals surface area contributed by atoms with Crippen LogP contribution in [0.25, 0.3) is 0 Å². The number of benzene rings is 2. The third-order valence-corrected chi connectivity index (χ3v) is 2.74. The van der Waals surface area contributed by atoms with E-state index in [1.165, 1.54) is 30.3 Å². The average Bonchev–Trinajstić information content (AvgIpc) is 2.40. The molecule has 0 fully saturated rings. The summed E-state index contributed by atoms with van der Waals surface area (Å²) in [6.45, 7) is 1.75. The van der Waals surface area contributed by atoms with Gasteiger partial charge in [-0.3, -0.25) is 4.79 Å². The zero-order chi connectivity index (χ0) is 14.7. The van der Waals surface area contributed by atoms with Crippen LogP contribution in [0.1, 0.15) is 26.3 Å². The highest BCUT2D eigenvalue weighted by Crippen LogP contribution is 2.18. The van der Waals surface area contributed by atoms with Gasteiger partial charge in [0.05, 0.1) is 11.3 Å². The molecule has 0 aliphatic carbocycles. The summed E-state index contributed by atoms with van der Waals surface area (Å²) in [7, 11) is 0. The number of rotatable bonds is 3. The normalized spacial score (nSPS) is 10.1. The van der Waals surface area contributed by atoms with Crippen molar-refractivity contribution in [2.24, 2.45) is 0 Å². The second-order valence-corrected chi connectivity index (χ2v) is 4.32. The minimum Gasteiger partial charge on any atom is -0.478 e. The summed E-state index contributed by atoms with van der Waals surface area (Å²) in [6, 6.07) is 9.84. The summed E-state index contributed by atoms with van der Waals surface area (Å²) < 4.78 is 13.1. The van der Waals surface area contributed by atoms with Crippen LogP contribution in [0.4, 0.5) is 10.1 Å². The van der Waals surface area contributed by atoms with E-state index in [1.807, 2.05) is 0 Å². The third kappa shape index (κ3) is 3.00. The minimum absolute atomic E-state index is 0.00486. The number of amides is 1. The van der Waals surface area contributed by atoms with Gasteiger partial charge in [-0.2, -0.15) is 0 Å². The topological polar surface area (TPSA) is 66.4 Å². The van der Waals surface area contributed by atoms with E-state index in [1.54, 1.807) is 13.0 Å². The van der Waals surface area contributed by atoms with E-state index in [4.69, 9.17) is 5.11 Å². The molecule has 2 aromatic rings. The fraction of sp³-hybridized carbons (Fsp3) is 0.0667. The predicted octanol–water partition coefficient (Wildman–Crippen LogP) is 3.08. The molecule has 0 atom stereocenters. The fourth-order valence-corrected chi connectivity index (χ4v) is 1.77. The van der Waals surface area contributed by atoms with Crippen LogP contribution in [0, 0.1) is 12.7 Å². The Morgan fingerprint density at radius 3 is 2.55 bits per heavy atom. The molecule has 2 aromatic carbocycles. The molecule has 0 saturated heterocycles. The maximum absolute atomic E-state index is 13.1. The van der Waals surface area contributed by atoms with Gasteiger partial charge in [0, 0.05) is 5.56 Å². The molecule has 0 aliphatic heterocycles. The van der Waals surface area contributed by atoms with Gasteiger partial charge in [-0.1, -0.05) is 17.7 Å². The molecule has 1 amide bonds. The number of carbonyl (C=O) groups excluding carboxylic acids is 1. The Morgan fingerprint density at radius 2 is 1.90 bits per heavy atom. The lowest BCUT2D eigenvalue weighted by molar-refractivity contribution is 0.0698. The van der Waals surface area contributed by atoms with E-state index in [0.29, 0.717) is 0 Å². The molecule has 0 spiro atoms. The van der Waals surface area contributed by atoms with E-state index in [9.17, 15) is 14.0 Å². The second kappa shape index (κ2) is 5.52. The van der Waals surface area contributed by atoms with Gasteiger partial charge in [-0.25, -0.2) is 9.18 Å². The molecule has 102 valence electrons. The molecule has 0 saturated carbocycles. The SMILES string of the molecule is Cc1ccc(NC(=O)c2cccc(F)c2)c(C(=O)O)c1. The third-order valence-electron chi connectivity index (χ3n) is 2.74. The van der Waals surface area contributed by atoms with E-state index < -0.39 is 17.7 Å². The van der Waals surface area contributed by atoms with Crippen molar-refractivity contribution < 1.29 is 19.1 Å². The number of hydrogen-bond donors (Lipinski definition) is 2. The van der Waals surface area contributed by atoms with Gasteiger partial charge in [0.15, 0.2) is 0 Å². The Bertz CT molecular complexity index is 683. The highest BCUT2D eigenvalue weighted by molar-refractivity contribution is 6.07. The number of nitrogens with one attached hydrogen (secondary N) is 1. The zero-order valence-corrected chi connectivity index (χ0v) is 10.7. The predicted molar refractivity (Wildman–Crippen MR) is 72.5 cm³/mol. The largest absolute Gasteiger partial charge is 0.478 e. The summed E-state index contributed by atoms with van der Waals surface area (Å²) in [5.41, 5.74) is 1.07. The van der Waals surface area contributed by atoms with Gasteiger partial charge in [0.2, 0.25) is 0 Å². The van der Waals surface area contributed by atoms with Crippen LogP contribution >= 0.6 is 0 Å². The quantitative estimate of drug-likeness (QED) is 0.903. The van der Waals surface area contributed by atoms with Crippen LogP contribution in [0.5, 0.6) is 0 Å². The van der Waals surface area contributed by atoms with E-state index in [2.05, 4.69) is 5.32 Å². The molecule has 0 aliphatic rings. The Hall–Kier alpha value is -2.69. The second-order valence-electron chi connectivity index (χ2n) is 4.32. The molecule has 0 radical (unpaired) electrons. The van der Waals surface area contributed by atoms with Crippen LogP contribution in [0.2, 0.25) is 0 Å². The van der Waals surface area contributed by atoms with Crippen molar-refractivity contribution in [3.05, 3.63) is 65.0 Å². The van der Waals surface area contributed by atoms with E-state index >= 15 is 0 Å². The molecule has 2 rings (SSSR count). The minimum atomic E-state index is -1.14. The highest BCUT2D eigenvalue weighted by Gasteiger charge is 2.14. The Balaban J connectivity index is 2.30. The van der Waals surface area contributed by atoms with Crippen molar-refractivity contribution in [3.63, 3.8) is 0 Å². The molecule has 2 N–H and O–H groups in total. The maximum Gasteiger partial charge on any atom is 0.337 e. The molecular formula is C15H12FNO3. The number of hydrogen-bond acceptors (Lipinski definition) is 2. The molecule has 0 heterocycles. The van der Waals surface area contributed by atoms with Crippen molar-refractivity contribution in [1.82, 2.24) is 0 Å². The number of halogens is 1. The molecule has 20 heavy (non-hydrogen) atoms. The summed E-state index contributed by atoms with van der Waals surface area (Å²) in [6.07, 6.45) is 0. The summed E-state index contributed by atoms with van der Waals surface area (Å²) in [5.74, 6) is -2.22. The highest BCUT2D eigenvalue weighted by atomic mass is 19.1. The standard InChI is InChI=1S/C15H12FNO3/c1-9-5-6-13(12(7-9)15(19)20)17-14(18)10-3-2-4-11(16)8-10/h2-8H,1H3,(H,17,18)(H,19,20). The fourth-order valence-electron chi connectivity index (χ4n) is 1.77. The lowest BCUT2D eigenvalue weighted by atomic mass is 10.1. The first-order valence-electron chi connectivity index (χ1n) is 5.88. The Labute approximate surface area is 114 Å². The van der Waals surface area contributed by atoms with Crippen molar-refractivity contribution in [1.29, 1.82) is 0 Å². The van der Waals surface area contributed by atoms with Gasteiger partial charge in [0.1, 0.15) is 5.82 Å². The van der Waals surface area contributed by atoms with E-state index in [0.717, 1.165) is 11.6 Å². The first kappa shape index (κ1) is 13.7. The number of carboxylic acids is 1. The molecular weight excluding hydrogens is 261 g/mol. The monoisotopic (exact) mass is 273 g/mol. The Kier molecular flexibility index (Phi) is 3.79. The summed E-state index contributed by atoms with van der Waals surface area (Å²) in [5, 5.41) is 11.6. The number of anilines is 1. The zero-order valence-electron chi connectivity index (χ0n) is 10.7. The molecule has 5 heteroatoms. The van der Waals surface area contributed by atoms with Crippen LogP contribution in [-0.2, 0) is 0 Å². The lowest BCUT2D eigenvalue weighted by Gasteiger charge is -2.09. The first-order valence-corrected chi connectivity index (χ1v) is 5.88. The van der Waals surface area contributed by atoms with E-state index in [-0.39, 0.29) is 16.8 Å². The van der Waals surface area contributed by atoms with Crippen molar-refractivity contribution in [3.8, 4) is 0 Å². The summed E-state index contributed by atoms with van der Waals surface area (Å²) in [4.78, 5) is 23.1. The number of carbonyl (C=O) groups is 2. The molecule has 0 unspecified atom stereocenters. The number of aryl methyl sites for hydroxylation is 1. The van der Waals surface area contributed by atoms with Crippen LogP contribution in [0.15, 0.2) is 42.5 Å². The first-order chi connectivity index (χ1) is 9.47. The van der Waals surface area contributed by atoms with Gasteiger partial charge in [-0.15, -0.1) is 0 Å². The van der Waals surface area contributed by atoms with Crippen molar-refractivity contribution in [2.75, 3.05) is 5.32 Å². The van der Waals surface area contributed by atoms with Crippen LogP contribution in [0.3, 0.4) is 0 Å². The van der Waals surface area contributed by atoms with Gasteiger partial charge in [-0.05, 0) is 37.3 Å². The summed E-state index contributed by atoms with van der Waals surface area (Å²) >= 11 is 0. The maximum atomic E-state index is 13.1. The van der Waals surface area contributed by atoms with Gasteiger partial charge < -0.3 is 10.4 Å². The van der Waals surface area contributed by atoms with Crippen LogP contribution < -0.4 is 5.32 Å². The molecule has 0 aromatic heterocycles. The smallest absolute Gasteiger partial charge is 0.337 e. The van der Waals surface area contributed by atoms with Crippen molar-refractivity contribution >= 4 is 17.6 Å². The molecule has 0 bridgehead atoms. The number of carboxylic acid groups (broad SMARTS) is 1. The Morgan fingerprint density at radius 1 is 1.15 bits per heavy atom. The lowest BCUT2D eigenvalue weighted by Crippen LogP contribution is -2.15. The number of aromatic carboxylic acids is 1. The molecule has 4 nitrogen and oxygen atoms in total. The van der Waals surface area contributed by atoms with Gasteiger partial charge in [0.25, 0.3) is 5.91 Å².